The second-order valence-corrected chi connectivity index (χ2v) is 13.5. The first-order valence-corrected chi connectivity index (χ1v) is 15.9. The van der Waals surface area contributed by atoms with Gasteiger partial charge in [-0.15, -0.1) is 0 Å². The Balaban J connectivity index is 1.34. The lowest BCUT2D eigenvalue weighted by Gasteiger charge is -2.34. The van der Waals surface area contributed by atoms with Crippen LogP contribution in [0.15, 0.2) is 30.3 Å². The van der Waals surface area contributed by atoms with Crippen molar-refractivity contribution in [3.63, 3.8) is 0 Å². The van der Waals surface area contributed by atoms with Gasteiger partial charge in [0.25, 0.3) is 0 Å². The van der Waals surface area contributed by atoms with Crippen molar-refractivity contribution in [2.75, 3.05) is 13.2 Å². The summed E-state index contributed by atoms with van der Waals surface area (Å²) in [6.07, 6.45) is 4.68. The van der Waals surface area contributed by atoms with Crippen LogP contribution in [-0.4, -0.2) is 76.6 Å². The highest BCUT2D eigenvalue weighted by Crippen LogP contribution is 2.56. The van der Waals surface area contributed by atoms with Gasteiger partial charge < -0.3 is 26.2 Å². The molecule has 10 nitrogen and oxygen atoms in total. The van der Waals surface area contributed by atoms with E-state index in [1.165, 1.54) is 6.92 Å². The van der Waals surface area contributed by atoms with E-state index in [0.717, 1.165) is 24.8 Å². The lowest BCUT2D eigenvalue weighted by molar-refractivity contribution is -0.132. The Labute approximate surface area is 255 Å². The average molecular weight is 599 g/mol. The zero-order valence-electron chi connectivity index (χ0n) is 26.0. The highest BCUT2D eigenvalue weighted by molar-refractivity contribution is 5.95. The van der Waals surface area contributed by atoms with Gasteiger partial charge in [0.2, 0.25) is 17.7 Å². The molecule has 238 valence electrons. The predicted octanol–water partition coefficient (Wildman–Crippen LogP) is 1.94. The van der Waals surface area contributed by atoms with E-state index in [0.29, 0.717) is 31.1 Å². The van der Waals surface area contributed by atoms with E-state index in [-0.39, 0.29) is 67.6 Å². The fourth-order valence-corrected chi connectivity index (χ4v) is 7.02. The first-order valence-electron chi connectivity index (χ1n) is 15.9. The monoisotopic (exact) mass is 598 g/mol. The highest BCUT2D eigenvalue weighted by atomic mass is 16.3. The van der Waals surface area contributed by atoms with Crippen LogP contribution in [0.3, 0.4) is 0 Å². The van der Waals surface area contributed by atoms with Crippen LogP contribution in [-0.2, 0) is 19.2 Å². The summed E-state index contributed by atoms with van der Waals surface area (Å²) in [4.78, 5) is 51.9. The number of aliphatic hydroxyl groups is 2. The maximum absolute atomic E-state index is 13.6. The maximum atomic E-state index is 13.6. The SMILES string of the molecule is CC(=O)[C@H](CCO)NC(=O)C1(NC2CCC(NC(=O)[C@H](CCO)NC(=O)C3(C)CC3C(C)C)CC2)CC1c1ccccc1. The van der Waals surface area contributed by atoms with Crippen LogP contribution in [0.4, 0.5) is 0 Å². The lowest BCUT2D eigenvalue weighted by atomic mass is 9.89. The maximum Gasteiger partial charge on any atom is 0.242 e. The van der Waals surface area contributed by atoms with E-state index in [4.69, 9.17) is 0 Å². The van der Waals surface area contributed by atoms with Crippen LogP contribution in [0, 0.1) is 17.3 Å². The van der Waals surface area contributed by atoms with E-state index in [1.807, 2.05) is 37.3 Å². The zero-order chi connectivity index (χ0) is 31.4. The average Bonchev–Trinajstić information content (AvgIpc) is 3.89. The third kappa shape index (κ3) is 7.64. The van der Waals surface area contributed by atoms with Gasteiger partial charge in [0.05, 0.1) is 6.04 Å². The largest absolute Gasteiger partial charge is 0.396 e. The van der Waals surface area contributed by atoms with E-state index >= 15 is 0 Å². The summed E-state index contributed by atoms with van der Waals surface area (Å²) in [7, 11) is 0. The minimum Gasteiger partial charge on any atom is -0.396 e. The molecule has 6 atom stereocenters. The summed E-state index contributed by atoms with van der Waals surface area (Å²) in [5, 5.41) is 31.5. The van der Waals surface area contributed by atoms with E-state index in [1.54, 1.807) is 0 Å². The number of rotatable bonds is 15. The number of benzene rings is 1. The Hall–Kier alpha value is -2.82. The van der Waals surface area contributed by atoms with Gasteiger partial charge in [-0.05, 0) is 75.7 Å². The summed E-state index contributed by atoms with van der Waals surface area (Å²) in [5.41, 5.74) is -0.240. The molecule has 10 heteroatoms. The smallest absolute Gasteiger partial charge is 0.242 e. The summed E-state index contributed by atoms with van der Waals surface area (Å²) < 4.78 is 0. The molecule has 0 spiro atoms. The van der Waals surface area contributed by atoms with Crippen LogP contribution in [0.5, 0.6) is 0 Å². The predicted molar refractivity (Wildman–Crippen MR) is 163 cm³/mol. The third-order valence-corrected chi connectivity index (χ3v) is 9.98. The van der Waals surface area contributed by atoms with E-state index in [9.17, 15) is 29.4 Å². The standard InChI is InChI=1S/C33H50N4O6/c1-20(2)25-18-32(25,4)30(42)36-28(15-17-39)29(41)34-23-10-12-24(13-11-23)37-33(19-26(33)22-8-6-5-7-9-22)31(43)35-27(14-16-38)21(3)40/h5-9,20,23-28,37-39H,10-19H2,1-4H3,(H,34,41)(H,35,43)(H,36,42)/t23?,24?,25?,26?,27-,28-,32?,33?/m0/s1. The highest BCUT2D eigenvalue weighted by Gasteiger charge is 2.61. The number of carbonyl (C=O) groups is 4. The Bertz CT molecular complexity index is 1150. The Morgan fingerprint density at radius 2 is 1.44 bits per heavy atom. The van der Waals surface area contributed by atoms with Crippen molar-refractivity contribution in [2.24, 2.45) is 17.3 Å². The first kappa shape index (κ1) is 33.1. The fraction of sp³-hybridized carbons (Fsp3) is 0.697. The number of aliphatic hydroxyl groups excluding tert-OH is 2. The Kier molecular flexibility index (Phi) is 10.7. The van der Waals surface area contributed by atoms with Crippen molar-refractivity contribution in [3.05, 3.63) is 35.9 Å². The molecule has 0 aromatic heterocycles. The molecule has 43 heavy (non-hydrogen) atoms. The van der Waals surface area contributed by atoms with Gasteiger partial charge in [0.15, 0.2) is 5.78 Å². The topological polar surface area (TPSA) is 157 Å². The van der Waals surface area contributed by atoms with Crippen molar-refractivity contribution in [1.82, 2.24) is 21.3 Å². The lowest BCUT2D eigenvalue weighted by Crippen LogP contribution is -2.56. The number of hydrogen-bond donors (Lipinski definition) is 6. The second-order valence-electron chi connectivity index (χ2n) is 13.5. The zero-order valence-corrected chi connectivity index (χ0v) is 26.0. The van der Waals surface area contributed by atoms with Crippen LogP contribution in [0.2, 0.25) is 0 Å². The minimum atomic E-state index is -0.839. The van der Waals surface area contributed by atoms with Gasteiger partial charge in [-0.1, -0.05) is 51.1 Å². The van der Waals surface area contributed by atoms with E-state index < -0.39 is 23.0 Å². The number of nitrogens with one attached hydrogen (secondary N) is 4. The van der Waals surface area contributed by atoms with Gasteiger partial charge in [-0.3, -0.25) is 24.5 Å². The number of hydrogen-bond acceptors (Lipinski definition) is 7. The molecule has 0 bridgehead atoms. The van der Waals surface area contributed by atoms with Gasteiger partial charge in [-0.2, -0.15) is 0 Å². The van der Waals surface area contributed by atoms with Crippen molar-refractivity contribution < 1.29 is 29.4 Å². The number of carbonyl (C=O) groups excluding carboxylic acids is 4. The molecule has 6 N–H and O–H groups in total. The van der Waals surface area contributed by atoms with Crippen molar-refractivity contribution in [3.8, 4) is 0 Å². The summed E-state index contributed by atoms with van der Waals surface area (Å²) >= 11 is 0. The van der Waals surface area contributed by atoms with Crippen LogP contribution in [0.1, 0.15) is 90.5 Å². The Morgan fingerprint density at radius 1 is 0.860 bits per heavy atom. The molecule has 3 amide bonds. The molecule has 3 fully saturated rings. The van der Waals surface area contributed by atoms with Crippen LogP contribution in [0.25, 0.3) is 0 Å². The number of ketones is 1. The quantitative estimate of drug-likeness (QED) is 0.180. The molecule has 1 aromatic carbocycles. The van der Waals surface area contributed by atoms with Gasteiger partial charge in [0, 0.05) is 36.6 Å². The first-order chi connectivity index (χ1) is 20.4. The summed E-state index contributed by atoms with van der Waals surface area (Å²) in [6, 6.07) is 8.34. The normalized spacial score (nSPS) is 31.0. The molecule has 0 heterocycles. The summed E-state index contributed by atoms with van der Waals surface area (Å²) in [5.74, 6) is -0.145. The number of Topliss-reactive ketones (excluding diaryl/α,β-unsaturated/α-hetero) is 1. The molecule has 0 radical (unpaired) electrons. The fourth-order valence-electron chi connectivity index (χ4n) is 7.02. The van der Waals surface area contributed by atoms with Crippen LogP contribution >= 0.6 is 0 Å². The molecule has 3 aliphatic carbocycles. The summed E-state index contributed by atoms with van der Waals surface area (Å²) in [6.45, 7) is 7.18. The molecular weight excluding hydrogens is 548 g/mol. The molecule has 4 rings (SSSR count). The van der Waals surface area contributed by atoms with Gasteiger partial charge >= 0.3 is 0 Å². The van der Waals surface area contributed by atoms with Crippen molar-refractivity contribution in [2.45, 2.75) is 115 Å². The molecule has 1 aromatic rings. The van der Waals surface area contributed by atoms with E-state index in [2.05, 4.69) is 35.1 Å². The molecule has 3 saturated carbocycles. The third-order valence-electron chi connectivity index (χ3n) is 9.98. The molecular formula is C33H50N4O6. The number of amides is 3. The Morgan fingerprint density at radius 3 is 2.00 bits per heavy atom. The minimum absolute atomic E-state index is 0.0284. The van der Waals surface area contributed by atoms with Crippen molar-refractivity contribution in [1.29, 1.82) is 0 Å². The van der Waals surface area contributed by atoms with Crippen molar-refractivity contribution >= 4 is 23.5 Å². The molecule has 4 unspecified atom stereocenters. The molecule has 0 saturated heterocycles. The van der Waals surface area contributed by atoms with Gasteiger partial charge in [-0.25, -0.2) is 0 Å². The second kappa shape index (κ2) is 13.9. The molecule has 3 aliphatic rings. The van der Waals surface area contributed by atoms with Gasteiger partial charge in [0.1, 0.15) is 11.6 Å². The molecule has 0 aliphatic heterocycles. The van der Waals surface area contributed by atoms with Crippen LogP contribution < -0.4 is 21.3 Å².